The molecule has 34 heavy (non-hydrogen) atoms. The van der Waals surface area contributed by atoms with Crippen LogP contribution in [0.3, 0.4) is 0 Å². The fourth-order valence-corrected chi connectivity index (χ4v) is 7.23. The molecule has 172 valence electrons. The summed E-state index contributed by atoms with van der Waals surface area (Å²) in [5.74, 6) is 0.557. The van der Waals surface area contributed by atoms with Gasteiger partial charge in [-0.2, -0.15) is 4.31 Å². The summed E-state index contributed by atoms with van der Waals surface area (Å²) in [6.45, 7) is 1.20. The zero-order valence-corrected chi connectivity index (χ0v) is 19.7. The van der Waals surface area contributed by atoms with Gasteiger partial charge in [-0.15, -0.1) is 0 Å². The third kappa shape index (κ3) is 3.23. The van der Waals surface area contributed by atoms with Crippen molar-refractivity contribution in [3.63, 3.8) is 0 Å². The van der Waals surface area contributed by atoms with E-state index in [9.17, 15) is 8.42 Å². The van der Waals surface area contributed by atoms with E-state index in [0.717, 1.165) is 18.5 Å². The van der Waals surface area contributed by atoms with Crippen LogP contribution in [0.25, 0.3) is 10.9 Å². The summed E-state index contributed by atoms with van der Waals surface area (Å²) in [6.07, 6.45) is 2.18. The molecule has 6 rings (SSSR count). The number of hydrogen-bond acceptors (Lipinski definition) is 5. The molecule has 0 N–H and O–H groups in total. The molecule has 3 aromatic carbocycles. The number of methoxy groups -OCH3 is 1. The molecule has 7 heteroatoms. The molecule has 0 bridgehead atoms. The molecular weight excluding hydrogens is 446 g/mol. The first-order valence-electron chi connectivity index (χ1n) is 11.4. The maximum absolute atomic E-state index is 14.3. The summed E-state index contributed by atoms with van der Waals surface area (Å²) in [7, 11) is -2.28. The standard InChI is InChI=1S/C27H25N3O3S/c1-33-24-13-14-25(22-12-7-16-28-26(22)24)34(31,32)30-18-23-21-11-6-5-8-19(21)15-17-29(23)27(30)20-9-3-2-4-10-20/h2-14,16,23,27H,15,17-18H2,1H3. The molecule has 1 saturated heterocycles. The molecule has 2 aliphatic heterocycles. The van der Waals surface area contributed by atoms with E-state index in [2.05, 4.69) is 28.1 Å². The number of benzene rings is 3. The van der Waals surface area contributed by atoms with E-state index in [0.29, 0.717) is 23.2 Å². The minimum absolute atomic E-state index is 0.00701. The van der Waals surface area contributed by atoms with E-state index in [1.165, 1.54) is 11.1 Å². The quantitative estimate of drug-likeness (QED) is 0.437. The molecule has 0 aliphatic carbocycles. The third-order valence-corrected chi connectivity index (χ3v) is 8.87. The van der Waals surface area contributed by atoms with Crippen LogP contribution in [0.4, 0.5) is 0 Å². The average molecular weight is 472 g/mol. The van der Waals surface area contributed by atoms with Gasteiger partial charge in [0.05, 0.1) is 18.0 Å². The zero-order valence-electron chi connectivity index (χ0n) is 18.8. The molecule has 3 heterocycles. The first-order chi connectivity index (χ1) is 16.6. The summed E-state index contributed by atoms with van der Waals surface area (Å²) < 4.78 is 35.8. The molecule has 0 amide bonds. The molecule has 4 aromatic rings. The van der Waals surface area contributed by atoms with Gasteiger partial charge in [-0.1, -0.05) is 54.6 Å². The minimum Gasteiger partial charge on any atom is -0.494 e. The Bertz CT molecular complexity index is 1470. The first-order valence-corrected chi connectivity index (χ1v) is 12.9. The Hall–Kier alpha value is -3.26. The minimum atomic E-state index is -3.85. The lowest BCUT2D eigenvalue weighted by molar-refractivity contribution is 0.154. The van der Waals surface area contributed by atoms with Crippen molar-refractivity contribution in [3.8, 4) is 5.75 Å². The van der Waals surface area contributed by atoms with E-state index in [4.69, 9.17) is 4.74 Å². The van der Waals surface area contributed by atoms with Gasteiger partial charge in [-0.3, -0.25) is 9.88 Å². The van der Waals surface area contributed by atoms with Gasteiger partial charge in [0, 0.05) is 24.7 Å². The van der Waals surface area contributed by atoms with Crippen molar-refractivity contribution in [1.29, 1.82) is 0 Å². The number of nitrogens with zero attached hydrogens (tertiary/aromatic N) is 3. The van der Waals surface area contributed by atoms with Crippen LogP contribution in [0, 0.1) is 0 Å². The van der Waals surface area contributed by atoms with Gasteiger partial charge in [-0.05, 0) is 47.4 Å². The molecule has 2 aliphatic rings. The van der Waals surface area contributed by atoms with Crippen LogP contribution in [-0.4, -0.2) is 42.8 Å². The Morgan fingerprint density at radius 1 is 0.941 bits per heavy atom. The second-order valence-electron chi connectivity index (χ2n) is 8.73. The summed E-state index contributed by atoms with van der Waals surface area (Å²) in [5, 5.41) is 0.568. The number of rotatable bonds is 4. The summed E-state index contributed by atoms with van der Waals surface area (Å²) >= 11 is 0. The molecule has 0 spiro atoms. The van der Waals surface area contributed by atoms with E-state index < -0.39 is 10.0 Å². The van der Waals surface area contributed by atoms with E-state index in [1.807, 2.05) is 36.4 Å². The number of aromatic nitrogens is 1. The number of ether oxygens (including phenoxy) is 1. The van der Waals surface area contributed by atoms with Crippen molar-refractivity contribution < 1.29 is 13.2 Å². The molecule has 1 aromatic heterocycles. The van der Waals surface area contributed by atoms with E-state index >= 15 is 0 Å². The molecule has 6 nitrogen and oxygen atoms in total. The topological polar surface area (TPSA) is 62.7 Å². The summed E-state index contributed by atoms with van der Waals surface area (Å²) in [5.41, 5.74) is 4.04. The summed E-state index contributed by atoms with van der Waals surface area (Å²) in [6, 6.07) is 25.2. The predicted molar refractivity (Wildman–Crippen MR) is 131 cm³/mol. The molecular formula is C27H25N3O3S. The van der Waals surface area contributed by atoms with Crippen LogP contribution in [0.2, 0.25) is 0 Å². The Morgan fingerprint density at radius 2 is 1.74 bits per heavy atom. The van der Waals surface area contributed by atoms with E-state index in [1.54, 1.807) is 41.9 Å². The number of pyridine rings is 1. The zero-order chi connectivity index (χ0) is 23.3. The highest BCUT2D eigenvalue weighted by atomic mass is 32.2. The predicted octanol–water partition coefficient (Wildman–Crippen LogP) is 4.55. The van der Waals surface area contributed by atoms with Crippen molar-refractivity contribution in [3.05, 3.63) is 102 Å². The lowest BCUT2D eigenvalue weighted by Gasteiger charge is -2.35. The van der Waals surface area contributed by atoms with Gasteiger partial charge in [0.25, 0.3) is 0 Å². The summed E-state index contributed by atoms with van der Waals surface area (Å²) in [4.78, 5) is 7.00. The van der Waals surface area contributed by atoms with Crippen molar-refractivity contribution in [1.82, 2.24) is 14.2 Å². The lowest BCUT2D eigenvalue weighted by atomic mass is 9.93. The maximum Gasteiger partial charge on any atom is 0.245 e. The lowest BCUT2D eigenvalue weighted by Crippen LogP contribution is -2.37. The van der Waals surface area contributed by atoms with Gasteiger partial charge in [0.15, 0.2) is 0 Å². The van der Waals surface area contributed by atoms with Gasteiger partial charge >= 0.3 is 0 Å². The Balaban J connectivity index is 1.52. The third-order valence-electron chi connectivity index (χ3n) is 6.99. The van der Waals surface area contributed by atoms with E-state index in [-0.39, 0.29) is 17.1 Å². The highest BCUT2D eigenvalue weighted by Gasteiger charge is 2.48. The van der Waals surface area contributed by atoms with Crippen molar-refractivity contribution >= 4 is 20.9 Å². The SMILES string of the molecule is COc1ccc(S(=O)(=O)N2CC3c4ccccc4CCN3C2c2ccccc2)c2cccnc12. The monoisotopic (exact) mass is 471 g/mol. The van der Waals surface area contributed by atoms with Crippen molar-refractivity contribution in [2.45, 2.75) is 23.5 Å². The van der Waals surface area contributed by atoms with Crippen LogP contribution in [0.5, 0.6) is 5.75 Å². The van der Waals surface area contributed by atoms with Crippen LogP contribution >= 0.6 is 0 Å². The smallest absolute Gasteiger partial charge is 0.245 e. The molecule has 0 saturated carbocycles. The highest BCUT2D eigenvalue weighted by Crippen LogP contribution is 2.47. The van der Waals surface area contributed by atoms with Crippen molar-refractivity contribution in [2.24, 2.45) is 0 Å². The van der Waals surface area contributed by atoms with Gasteiger partial charge in [-0.25, -0.2) is 8.42 Å². The number of sulfonamides is 1. The number of fused-ring (bicyclic) bond motifs is 4. The van der Waals surface area contributed by atoms with Gasteiger partial charge in [0.2, 0.25) is 10.0 Å². The van der Waals surface area contributed by atoms with Gasteiger partial charge in [0.1, 0.15) is 17.4 Å². The second-order valence-corrected chi connectivity index (χ2v) is 10.6. The van der Waals surface area contributed by atoms with Crippen LogP contribution in [0.1, 0.15) is 28.9 Å². The van der Waals surface area contributed by atoms with Crippen LogP contribution in [0.15, 0.2) is 90.0 Å². The number of hydrogen-bond donors (Lipinski definition) is 0. The highest BCUT2D eigenvalue weighted by molar-refractivity contribution is 7.89. The maximum atomic E-state index is 14.3. The fourth-order valence-electron chi connectivity index (χ4n) is 5.45. The van der Waals surface area contributed by atoms with Crippen molar-refractivity contribution in [2.75, 3.05) is 20.2 Å². The van der Waals surface area contributed by atoms with Crippen LogP contribution in [-0.2, 0) is 16.4 Å². The fraction of sp³-hybridized carbons (Fsp3) is 0.222. The molecule has 2 unspecified atom stereocenters. The Kier molecular flexibility index (Phi) is 5.13. The average Bonchev–Trinajstić information content (AvgIpc) is 3.29. The second kappa shape index (κ2) is 8.20. The molecule has 2 atom stereocenters. The first kappa shape index (κ1) is 21.3. The van der Waals surface area contributed by atoms with Crippen LogP contribution < -0.4 is 4.74 Å². The molecule has 0 radical (unpaired) electrons. The molecule has 1 fully saturated rings. The Labute approximate surface area is 199 Å². The van der Waals surface area contributed by atoms with Gasteiger partial charge < -0.3 is 4.74 Å². The Morgan fingerprint density at radius 3 is 2.56 bits per heavy atom. The largest absolute Gasteiger partial charge is 0.494 e. The normalized spacial score (nSPS) is 20.7.